The van der Waals surface area contributed by atoms with Gasteiger partial charge >= 0.3 is 0 Å². The molecule has 0 bridgehead atoms. The average Bonchev–Trinajstić information content (AvgIpc) is 2.39. The Labute approximate surface area is 136 Å². The molecule has 1 aromatic carbocycles. The molecule has 0 unspecified atom stereocenters. The van der Waals surface area contributed by atoms with E-state index in [-0.39, 0.29) is 17.7 Å². The molecule has 0 aromatic heterocycles. The molecule has 1 rings (SSSR count). The van der Waals surface area contributed by atoms with Crippen molar-refractivity contribution in [2.24, 2.45) is 0 Å². The monoisotopic (exact) mass is 419 g/mol. The first kappa shape index (κ1) is 16.3. The van der Waals surface area contributed by atoms with Crippen LogP contribution in [0.2, 0.25) is 5.02 Å². The van der Waals surface area contributed by atoms with Crippen LogP contribution in [0.5, 0.6) is 0 Å². The van der Waals surface area contributed by atoms with Crippen LogP contribution >= 0.6 is 57.4 Å². The molecular formula is C12H13Cl3INO. The summed E-state index contributed by atoms with van der Waals surface area (Å²) in [6, 6.07) is 5.17. The van der Waals surface area contributed by atoms with Gasteiger partial charge in [0.1, 0.15) is 0 Å². The summed E-state index contributed by atoms with van der Waals surface area (Å²) in [5.41, 5.74) is -0.0659. The number of nitrogens with one attached hydrogen (secondary N) is 1. The molecule has 0 atom stereocenters. The minimum Gasteiger partial charge on any atom is -0.344 e. The highest BCUT2D eigenvalue weighted by molar-refractivity contribution is 14.1. The molecule has 0 fully saturated rings. The Kier molecular flexibility index (Phi) is 6.51. The molecule has 1 N–H and O–H groups in total. The third-order valence-electron chi connectivity index (χ3n) is 2.75. The number of halogens is 4. The zero-order valence-corrected chi connectivity index (χ0v) is 14.2. The van der Waals surface area contributed by atoms with Crippen LogP contribution in [0.25, 0.3) is 0 Å². The summed E-state index contributed by atoms with van der Waals surface area (Å²) in [6.45, 7) is 1.94. The second-order valence-electron chi connectivity index (χ2n) is 3.98. The zero-order chi connectivity index (χ0) is 13.8. The van der Waals surface area contributed by atoms with Crippen LogP contribution in [0.15, 0.2) is 18.2 Å². The molecule has 0 spiro atoms. The molecule has 18 heavy (non-hydrogen) atoms. The minimum atomic E-state index is -0.574. The van der Waals surface area contributed by atoms with Crippen LogP contribution in [-0.2, 0) is 0 Å². The van der Waals surface area contributed by atoms with Crippen LogP contribution in [0.3, 0.4) is 0 Å². The van der Waals surface area contributed by atoms with Crippen LogP contribution < -0.4 is 5.32 Å². The number of carbonyl (C=O) groups is 1. The molecule has 0 heterocycles. The third-order valence-corrected chi connectivity index (χ3v) is 5.34. The van der Waals surface area contributed by atoms with Crippen molar-refractivity contribution in [3.05, 3.63) is 32.4 Å². The van der Waals surface area contributed by atoms with Gasteiger partial charge in [-0.05, 0) is 47.2 Å². The number of rotatable bonds is 5. The lowest BCUT2D eigenvalue weighted by Crippen LogP contribution is -2.51. The van der Waals surface area contributed by atoms with E-state index in [1.165, 1.54) is 0 Å². The van der Waals surface area contributed by atoms with E-state index in [9.17, 15) is 4.79 Å². The molecule has 0 saturated carbocycles. The summed E-state index contributed by atoms with van der Waals surface area (Å²) in [4.78, 5) is 12.1. The highest BCUT2D eigenvalue weighted by Crippen LogP contribution is 2.21. The molecule has 100 valence electrons. The Bertz CT molecular complexity index is 427. The van der Waals surface area contributed by atoms with E-state index in [0.717, 1.165) is 3.57 Å². The number of carbonyl (C=O) groups excluding carboxylic acids is 1. The van der Waals surface area contributed by atoms with Crippen LogP contribution in [0, 0.1) is 3.57 Å². The van der Waals surface area contributed by atoms with Crippen molar-refractivity contribution in [2.75, 3.05) is 11.8 Å². The SMILES string of the molecule is CCC(CCl)(CCl)NC(=O)c1ccc(I)c(Cl)c1. The average molecular weight is 421 g/mol. The van der Waals surface area contributed by atoms with E-state index in [1.54, 1.807) is 18.2 Å². The van der Waals surface area contributed by atoms with E-state index in [1.807, 2.05) is 6.92 Å². The maximum Gasteiger partial charge on any atom is 0.251 e. The lowest BCUT2D eigenvalue weighted by atomic mass is 10.0. The largest absolute Gasteiger partial charge is 0.344 e. The van der Waals surface area contributed by atoms with Gasteiger partial charge in [-0.2, -0.15) is 0 Å². The molecule has 1 aromatic rings. The predicted molar refractivity (Wildman–Crippen MR) is 86.1 cm³/mol. The fourth-order valence-corrected chi connectivity index (χ4v) is 2.64. The number of hydrogen-bond donors (Lipinski definition) is 1. The Balaban J connectivity index is 2.90. The van der Waals surface area contributed by atoms with Gasteiger partial charge in [0.15, 0.2) is 0 Å². The van der Waals surface area contributed by atoms with Gasteiger partial charge in [-0.25, -0.2) is 0 Å². The van der Waals surface area contributed by atoms with Gasteiger partial charge in [-0.15, -0.1) is 23.2 Å². The van der Waals surface area contributed by atoms with E-state index < -0.39 is 5.54 Å². The zero-order valence-electron chi connectivity index (χ0n) is 9.77. The van der Waals surface area contributed by atoms with Crippen molar-refractivity contribution in [1.82, 2.24) is 5.32 Å². The molecule has 2 nitrogen and oxygen atoms in total. The molecule has 0 aliphatic heterocycles. The van der Waals surface area contributed by atoms with Crippen molar-refractivity contribution in [2.45, 2.75) is 18.9 Å². The molecule has 0 aliphatic rings. The van der Waals surface area contributed by atoms with Crippen molar-refractivity contribution < 1.29 is 4.79 Å². The Hall–Kier alpha value is 0.290. The number of benzene rings is 1. The summed E-state index contributed by atoms with van der Waals surface area (Å²) in [6.07, 6.45) is 0.670. The standard InChI is InChI=1S/C12H13Cl3INO/c1-2-12(6-13,7-14)17-11(18)8-3-4-10(16)9(15)5-8/h3-5H,2,6-7H2,1H3,(H,17,18). The fourth-order valence-electron chi connectivity index (χ4n) is 1.33. The van der Waals surface area contributed by atoms with Crippen LogP contribution in [0.1, 0.15) is 23.7 Å². The van der Waals surface area contributed by atoms with Crippen LogP contribution in [0.4, 0.5) is 0 Å². The summed E-state index contributed by atoms with van der Waals surface area (Å²) in [7, 11) is 0. The second kappa shape index (κ2) is 7.17. The van der Waals surface area contributed by atoms with Crippen molar-refractivity contribution in [3.8, 4) is 0 Å². The topological polar surface area (TPSA) is 29.1 Å². The van der Waals surface area contributed by atoms with E-state index >= 15 is 0 Å². The van der Waals surface area contributed by atoms with Gasteiger partial charge in [0, 0.05) is 20.9 Å². The van der Waals surface area contributed by atoms with E-state index in [0.29, 0.717) is 17.0 Å². The highest BCUT2D eigenvalue weighted by Gasteiger charge is 2.28. The normalized spacial score (nSPS) is 11.4. The maximum absolute atomic E-state index is 12.1. The van der Waals surface area contributed by atoms with Gasteiger partial charge in [0.05, 0.1) is 10.6 Å². The first-order valence-corrected chi connectivity index (χ1v) is 7.90. The molecule has 0 saturated heterocycles. The van der Waals surface area contributed by atoms with Crippen molar-refractivity contribution in [3.63, 3.8) is 0 Å². The molecular weight excluding hydrogens is 407 g/mol. The van der Waals surface area contributed by atoms with E-state index in [2.05, 4.69) is 27.9 Å². The third kappa shape index (κ3) is 3.89. The Morgan fingerprint density at radius 2 is 2.00 bits per heavy atom. The highest BCUT2D eigenvalue weighted by atomic mass is 127. The predicted octanol–water partition coefficient (Wildman–Crippen LogP) is 4.30. The quantitative estimate of drug-likeness (QED) is 0.559. The Morgan fingerprint density at radius 3 is 2.44 bits per heavy atom. The summed E-state index contributed by atoms with van der Waals surface area (Å²) >= 11 is 19.9. The smallest absolute Gasteiger partial charge is 0.251 e. The lowest BCUT2D eigenvalue weighted by molar-refractivity contribution is 0.0913. The molecule has 6 heteroatoms. The first-order valence-electron chi connectivity index (χ1n) is 5.37. The summed E-state index contributed by atoms with van der Waals surface area (Å²) < 4.78 is 0.905. The lowest BCUT2D eigenvalue weighted by Gasteiger charge is -2.29. The molecule has 0 radical (unpaired) electrons. The van der Waals surface area contributed by atoms with Gasteiger partial charge in [0.25, 0.3) is 5.91 Å². The Morgan fingerprint density at radius 1 is 1.39 bits per heavy atom. The maximum atomic E-state index is 12.1. The minimum absolute atomic E-state index is 0.212. The number of alkyl halides is 2. The van der Waals surface area contributed by atoms with Crippen LogP contribution in [-0.4, -0.2) is 23.2 Å². The first-order chi connectivity index (χ1) is 8.48. The number of amides is 1. The van der Waals surface area contributed by atoms with Gasteiger partial charge < -0.3 is 5.32 Å². The van der Waals surface area contributed by atoms with Crippen molar-refractivity contribution in [1.29, 1.82) is 0 Å². The van der Waals surface area contributed by atoms with E-state index in [4.69, 9.17) is 34.8 Å². The number of hydrogen-bond acceptors (Lipinski definition) is 1. The molecule has 1 amide bonds. The van der Waals surface area contributed by atoms with Gasteiger partial charge in [-0.3, -0.25) is 4.79 Å². The summed E-state index contributed by atoms with van der Waals surface area (Å²) in [5.74, 6) is 0.338. The van der Waals surface area contributed by atoms with Gasteiger partial charge in [0.2, 0.25) is 0 Å². The van der Waals surface area contributed by atoms with Crippen molar-refractivity contribution >= 4 is 63.3 Å². The fraction of sp³-hybridized carbons (Fsp3) is 0.417. The second-order valence-corrected chi connectivity index (χ2v) is 6.09. The summed E-state index contributed by atoms with van der Waals surface area (Å²) in [5, 5.41) is 3.44. The van der Waals surface area contributed by atoms with Gasteiger partial charge in [-0.1, -0.05) is 18.5 Å². The molecule has 0 aliphatic carbocycles.